The van der Waals surface area contributed by atoms with E-state index in [1.807, 2.05) is 6.07 Å². The van der Waals surface area contributed by atoms with Gasteiger partial charge in [-0.15, -0.1) is 0 Å². The Morgan fingerprint density at radius 2 is 1.74 bits per heavy atom. The first-order valence-corrected chi connectivity index (χ1v) is 10.8. The van der Waals surface area contributed by atoms with Crippen molar-refractivity contribution in [3.8, 4) is 5.75 Å². The standard InChI is InChI=1S/C26H28F2N2O/c27-22-9-5-10-25(16-22)31-18-24-15-19-6-1-2-8-21(19)17-30(24)13-12-23(29)14-20-7-3-4-11-26(20)28/h1-11,16,23-24H,12-15,17-18,29H2/t23-,24-/m0/s1. The fourth-order valence-electron chi connectivity index (χ4n) is 4.20. The average Bonchev–Trinajstić information content (AvgIpc) is 2.77. The molecule has 5 heteroatoms. The van der Waals surface area contributed by atoms with Crippen LogP contribution >= 0.6 is 0 Å². The molecule has 3 aromatic carbocycles. The number of rotatable bonds is 8. The van der Waals surface area contributed by atoms with Crippen LogP contribution in [-0.2, 0) is 19.4 Å². The summed E-state index contributed by atoms with van der Waals surface area (Å²) in [7, 11) is 0. The first-order valence-electron chi connectivity index (χ1n) is 10.8. The number of hydrogen-bond acceptors (Lipinski definition) is 3. The third kappa shape index (κ3) is 5.69. The molecule has 0 unspecified atom stereocenters. The van der Waals surface area contributed by atoms with E-state index in [1.54, 1.807) is 24.3 Å². The lowest BCUT2D eigenvalue weighted by molar-refractivity contribution is 0.113. The predicted molar refractivity (Wildman–Crippen MR) is 119 cm³/mol. The zero-order valence-corrected chi connectivity index (χ0v) is 17.5. The van der Waals surface area contributed by atoms with Gasteiger partial charge in [0.05, 0.1) is 0 Å². The zero-order valence-electron chi connectivity index (χ0n) is 17.5. The Bertz CT molecular complexity index is 1010. The van der Waals surface area contributed by atoms with Crippen molar-refractivity contribution in [1.82, 2.24) is 4.90 Å². The minimum absolute atomic E-state index is 0.126. The van der Waals surface area contributed by atoms with Gasteiger partial charge >= 0.3 is 0 Å². The van der Waals surface area contributed by atoms with E-state index in [9.17, 15) is 8.78 Å². The topological polar surface area (TPSA) is 38.5 Å². The molecule has 0 bridgehead atoms. The van der Waals surface area contributed by atoms with Gasteiger partial charge in [-0.1, -0.05) is 48.5 Å². The predicted octanol–water partition coefficient (Wildman–Crippen LogP) is 4.73. The lowest BCUT2D eigenvalue weighted by Crippen LogP contribution is -2.45. The SMILES string of the molecule is N[C@@H](CCN1Cc2ccccc2C[C@H]1COc1cccc(F)c1)Cc1ccccc1F. The third-order valence-corrected chi connectivity index (χ3v) is 5.93. The van der Waals surface area contributed by atoms with Gasteiger partial charge in [0.2, 0.25) is 0 Å². The summed E-state index contributed by atoms with van der Waals surface area (Å²) in [6.45, 7) is 2.08. The first kappa shape index (κ1) is 21.5. The van der Waals surface area contributed by atoms with Crippen molar-refractivity contribution in [2.24, 2.45) is 5.73 Å². The van der Waals surface area contributed by atoms with Crippen LogP contribution in [0, 0.1) is 11.6 Å². The molecule has 31 heavy (non-hydrogen) atoms. The molecule has 3 nitrogen and oxygen atoms in total. The Morgan fingerprint density at radius 3 is 2.55 bits per heavy atom. The van der Waals surface area contributed by atoms with E-state index in [0.717, 1.165) is 25.9 Å². The highest BCUT2D eigenvalue weighted by atomic mass is 19.1. The molecule has 0 amide bonds. The van der Waals surface area contributed by atoms with Crippen LogP contribution in [0.2, 0.25) is 0 Å². The van der Waals surface area contributed by atoms with Gasteiger partial charge in [0.1, 0.15) is 24.0 Å². The lowest BCUT2D eigenvalue weighted by Gasteiger charge is -2.37. The van der Waals surface area contributed by atoms with Crippen LogP contribution in [-0.4, -0.2) is 30.1 Å². The number of hydrogen-bond donors (Lipinski definition) is 1. The monoisotopic (exact) mass is 422 g/mol. The smallest absolute Gasteiger partial charge is 0.126 e. The van der Waals surface area contributed by atoms with Gasteiger partial charge in [-0.2, -0.15) is 0 Å². The van der Waals surface area contributed by atoms with Gasteiger partial charge in [-0.25, -0.2) is 8.78 Å². The number of nitrogens with two attached hydrogens (primary N) is 1. The van der Waals surface area contributed by atoms with E-state index in [2.05, 4.69) is 29.2 Å². The summed E-state index contributed by atoms with van der Waals surface area (Å²) in [5, 5.41) is 0. The van der Waals surface area contributed by atoms with E-state index in [1.165, 1.54) is 29.3 Å². The van der Waals surface area contributed by atoms with Gasteiger partial charge < -0.3 is 10.5 Å². The summed E-state index contributed by atoms with van der Waals surface area (Å²) >= 11 is 0. The lowest BCUT2D eigenvalue weighted by atomic mass is 9.93. The van der Waals surface area contributed by atoms with Crippen molar-refractivity contribution in [3.63, 3.8) is 0 Å². The fraction of sp³-hybridized carbons (Fsp3) is 0.308. The molecular formula is C26H28F2N2O. The van der Waals surface area contributed by atoms with Crippen LogP contribution in [0.1, 0.15) is 23.1 Å². The van der Waals surface area contributed by atoms with Gasteiger partial charge in [0.25, 0.3) is 0 Å². The molecule has 0 aromatic heterocycles. The van der Waals surface area contributed by atoms with E-state index in [0.29, 0.717) is 24.3 Å². The molecule has 1 heterocycles. The highest BCUT2D eigenvalue weighted by Gasteiger charge is 2.27. The van der Waals surface area contributed by atoms with Crippen LogP contribution in [0.4, 0.5) is 8.78 Å². The Labute approximate surface area is 182 Å². The van der Waals surface area contributed by atoms with Crippen molar-refractivity contribution in [3.05, 3.63) is 101 Å². The highest BCUT2D eigenvalue weighted by molar-refractivity contribution is 5.30. The minimum Gasteiger partial charge on any atom is -0.492 e. The normalized spacial score (nSPS) is 17.2. The molecule has 4 rings (SSSR count). The summed E-state index contributed by atoms with van der Waals surface area (Å²) in [6.07, 6.45) is 2.14. The fourth-order valence-corrected chi connectivity index (χ4v) is 4.20. The first-order chi connectivity index (χ1) is 15.1. The zero-order chi connectivity index (χ0) is 21.6. The average molecular weight is 423 g/mol. The minimum atomic E-state index is -0.303. The molecule has 2 atom stereocenters. The van der Waals surface area contributed by atoms with Crippen molar-refractivity contribution in [1.29, 1.82) is 0 Å². The second-order valence-electron chi connectivity index (χ2n) is 8.21. The molecule has 2 N–H and O–H groups in total. The number of fused-ring (bicyclic) bond motifs is 1. The molecule has 0 spiro atoms. The second kappa shape index (κ2) is 10.0. The summed E-state index contributed by atoms with van der Waals surface area (Å²) in [4.78, 5) is 2.38. The molecule has 1 aliphatic heterocycles. The molecule has 0 aliphatic carbocycles. The van der Waals surface area contributed by atoms with Crippen LogP contribution < -0.4 is 10.5 Å². The maximum atomic E-state index is 14.0. The number of ether oxygens (including phenoxy) is 1. The molecule has 0 radical (unpaired) electrons. The largest absolute Gasteiger partial charge is 0.492 e. The van der Waals surface area contributed by atoms with Gasteiger partial charge in [-0.05, 0) is 54.2 Å². The quantitative estimate of drug-likeness (QED) is 0.570. The van der Waals surface area contributed by atoms with Crippen molar-refractivity contribution >= 4 is 0 Å². The van der Waals surface area contributed by atoms with E-state index in [4.69, 9.17) is 10.5 Å². The van der Waals surface area contributed by atoms with E-state index < -0.39 is 0 Å². The number of benzene rings is 3. The van der Waals surface area contributed by atoms with Gasteiger partial charge in [0, 0.05) is 31.2 Å². The molecule has 0 saturated carbocycles. The van der Waals surface area contributed by atoms with Gasteiger partial charge in [0.15, 0.2) is 0 Å². The van der Waals surface area contributed by atoms with Crippen LogP contribution in [0.5, 0.6) is 5.75 Å². The Kier molecular flexibility index (Phi) is 6.95. The number of nitrogens with zero attached hydrogens (tertiary/aromatic N) is 1. The highest BCUT2D eigenvalue weighted by Crippen LogP contribution is 2.25. The Balaban J connectivity index is 1.40. The van der Waals surface area contributed by atoms with Crippen molar-refractivity contribution < 1.29 is 13.5 Å². The van der Waals surface area contributed by atoms with Crippen LogP contribution in [0.25, 0.3) is 0 Å². The van der Waals surface area contributed by atoms with Crippen molar-refractivity contribution in [2.75, 3.05) is 13.2 Å². The molecule has 1 aliphatic rings. The molecule has 3 aromatic rings. The summed E-state index contributed by atoms with van der Waals surface area (Å²) in [5.74, 6) is 0.0312. The maximum Gasteiger partial charge on any atom is 0.126 e. The Morgan fingerprint density at radius 1 is 0.968 bits per heavy atom. The molecule has 162 valence electrons. The van der Waals surface area contributed by atoms with E-state index >= 15 is 0 Å². The van der Waals surface area contributed by atoms with Crippen LogP contribution in [0.15, 0.2) is 72.8 Å². The summed E-state index contributed by atoms with van der Waals surface area (Å²) < 4.78 is 33.4. The molecule has 0 fully saturated rings. The van der Waals surface area contributed by atoms with Gasteiger partial charge in [-0.3, -0.25) is 4.90 Å². The molecule has 0 saturated heterocycles. The Hall–Kier alpha value is -2.76. The van der Waals surface area contributed by atoms with Crippen LogP contribution in [0.3, 0.4) is 0 Å². The third-order valence-electron chi connectivity index (χ3n) is 5.93. The van der Waals surface area contributed by atoms with E-state index in [-0.39, 0.29) is 23.7 Å². The molecular weight excluding hydrogens is 394 g/mol. The maximum absolute atomic E-state index is 14.0. The second-order valence-corrected chi connectivity index (χ2v) is 8.21. The summed E-state index contributed by atoms with van der Waals surface area (Å²) in [5.41, 5.74) is 9.64. The van der Waals surface area contributed by atoms with Crippen molar-refractivity contribution in [2.45, 2.75) is 37.9 Å². The summed E-state index contributed by atoms with van der Waals surface area (Å²) in [6, 6.07) is 21.5. The number of halogens is 2.